The van der Waals surface area contributed by atoms with Crippen LogP contribution in [0.1, 0.15) is 5.56 Å². The molecule has 4 nitrogen and oxygen atoms in total. The zero-order chi connectivity index (χ0) is 17.2. The van der Waals surface area contributed by atoms with Gasteiger partial charge in [-0.1, -0.05) is 41.9 Å². The van der Waals surface area contributed by atoms with Crippen LogP contribution in [0.5, 0.6) is 0 Å². The fraction of sp³-hybridized carbons (Fsp3) is 0.222. The van der Waals surface area contributed by atoms with Crippen LogP contribution in [0.15, 0.2) is 59.5 Å². The van der Waals surface area contributed by atoms with E-state index in [1.165, 1.54) is 11.8 Å². The minimum absolute atomic E-state index is 0.152. The van der Waals surface area contributed by atoms with Gasteiger partial charge in [-0.25, -0.2) is 0 Å². The summed E-state index contributed by atoms with van der Waals surface area (Å²) in [6.45, 7) is 0.259. The SMILES string of the molecule is O=C(COC(=O)CSc1ccc(Cl)cc1)NCCc1ccccc1. The number of benzene rings is 2. The molecule has 2 aromatic rings. The molecule has 6 heteroatoms. The molecule has 0 radical (unpaired) electrons. The molecule has 0 bridgehead atoms. The van der Waals surface area contributed by atoms with Gasteiger partial charge in [-0.2, -0.15) is 0 Å². The summed E-state index contributed by atoms with van der Waals surface area (Å²) in [5.41, 5.74) is 1.15. The van der Waals surface area contributed by atoms with E-state index in [1.54, 1.807) is 12.1 Å². The molecule has 0 aromatic heterocycles. The average Bonchev–Trinajstić information content (AvgIpc) is 2.60. The fourth-order valence-corrected chi connectivity index (χ4v) is 2.73. The van der Waals surface area contributed by atoms with Gasteiger partial charge < -0.3 is 10.1 Å². The van der Waals surface area contributed by atoms with Crippen molar-refractivity contribution in [2.75, 3.05) is 18.9 Å². The van der Waals surface area contributed by atoms with Crippen LogP contribution >= 0.6 is 23.4 Å². The van der Waals surface area contributed by atoms with E-state index in [0.29, 0.717) is 11.6 Å². The maximum Gasteiger partial charge on any atom is 0.316 e. The number of carbonyl (C=O) groups is 2. The Morgan fingerprint density at radius 1 is 1.04 bits per heavy atom. The van der Waals surface area contributed by atoms with Crippen molar-refractivity contribution >= 4 is 35.2 Å². The van der Waals surface area contributed by atoms with E-state index in [1.807, 2.05) is 42.5 Å². The topological polar surface area (TPSA) is 55.4 Å². The first kappa shape index (κ1) is 18.4. The smallest absolute Gasteiger partial charge is 0.316 e. The number of ether oxygens (including phenoxy) is 1. The van der Waals surface area contributed by atoms with Gasteiger partial charge in [0, 0.05) is 16.5 Å². The maximum absolute atomic E-state index is 11.6. The quantitative estimate of drug-likeness (QED) is 0.577. The lowest BCUT2D eigenvalue weighted by atomic mass is 10.1. The van der Waals surface area contributed by atoms with E-state index in [-0.39, 0.29) is 18.3 Å². The van der Waals surface area contributed by atoms with Crippen molar-refractivity contribution in [3.05, 3.63) is 65.2 Å². The van der Waals surface area contributed by atoms with Gasteiger partial charge in [-0.05, 0) is 36.2 Å². The molecule has 0 spiro atoms. The van der Waals surface area contributed by atoms with Crippen LogP contribution in [0, 0.1) is 0 Å². The van der Waals surface area contributed by atoms with Gasteiger partial charge in [0.05, 0.1) is 5.75 Å². The largest absolute Gasteiger partial charge is 0.455 e. The van der Waals surface area contributed by atoms with Crippen molar-refractivity contribution in [3.63, 3.8) is 0 Å². The van der Waals surface area contributed by atoms with E-state index >= 15 is 0 Å². The lowest BCUT2D eigenvalue weighted by molar-refractivity contribution is -0.145. The van der Waals surface area contributed by atoms with Crippen molar-refractivity contribution in [2.24, 2.45) is 0 Å². The Morgan fingerprint density at radius 2 is 1.75 bits per heavy atom. The lowest BCUT2D eigenvalue weighted by Crippen LogP contribution is -2.30. The summed E-state index contributed by atoms with van der Waals surface area (Å²) >= 11 is 7.13. The first-order chi connectivity index (χ1) is 11.6. The number of amides is 1. The van der Waals surface area contributed by atoms with Crippen molar-refractivity contribution in [3.8, 4) is 0 Å². The van der Waals surface area contributed by atoms with Gasteiger partial charge in [0.1, 0.15) is 0 Å². The summed E-state index contributed by atoms with van der Waals surface area (Å²) in [4.78, 5) is 24.2. The standard InChI is InChI=1S/C18H18ClNO3S/c19-15-6-8-16(9-7-15)24-13-18(22)23-12-17(21)20-11-10-14-4-2-1-3-5-14/h1-9H,10-13H2,(H,20,21). The molecule has 0 aliphatic carbocycles. The van der Waals surface area contributed by atoms with Crippen LogP contribution in [0.3, 0.4) is 0 Å². The second-order valence-electron chi connectivity index (χ2n) is 4.99. The summed E-state index contributed by atoms with van der Waals surface area (Å²) in [6.07, 6.45) is 0.743. The lowest BCUT2D eigenvalue weighted by Gasteiger charge is -2.07. The first-order valence-corrected chi connectivity index (χ1v) is 8.84. The minimum atomic E-state index is -0.423. The van der Waals surface area contributed by atoms with E-state index in [0.717, 1.165) is 16.9 Å². The summed E-state index contributed by atoms with van der Waals surface area (Å²) < 4.78 is 4.95. The molecular formula is C18H18ClNO3S. The van der Waals surface area contributed by atoms with Gasteiger partial charge in [-0.15, -0.1) is 11.8 Å². The molecule has 1 N–H and O–H groups in total. The minimum Gasteiger partial charge on any atom is -0.455 e. The third-order valence-electron chi connectivity index (χ3n) is 3.11. The van der Waals surface area contributed by atoms with Crippen molar-refractivity contribution < 1.29 is 14.3 Å². The van der Waals surface area contributed by atoms with Gasteiger partial charge in [0.25, 0.3) is 5.91 Å². The molecule has 1 amide bonds. The monoisotopic (exact) mass is 363 g/mol. The van der Waals surface area contributed by atoms with E-state index in [2.05, 4.69) is 5.32 Å². The average molecular weight is 364 g/mol. The van der Waals surface area contributed by atoms with Gasteiger partial charge >= 0.3 is 5.97 Å². The molecule has 0 unspecified atom stereocenters. The Kier molecular flexibility index (Phi) is 7.65. The highest BCUT2D eigenvalue weighted by Crippen LogP contribution is 2.20. The summed E-state index contributed by atoms with van der Waals surface area (Å²) in [6, 6.07) is 17.0. The third kappa shape index (κ3) is 7.06. The van der Waals surface area contributed by atoms with Crippen molar-refractivity contribution in [1.82, 2.24) is 5.32 Å². The Labute approximate surface area is 150 Å². The molecule has 0 saturated carbocycles. The highest BCUT2D eigenvalue weighted by Gasteiger charge is 2.08. The Morgan fingerprint density at radius 3 is 2.46 bits per heavy atom. The highest BCUT2D eigenvalue weighted by atomic mass is 35.5. The van der Waals surface area contributed by atoms with Crippen LogP contribution in [0.2, 0.25) is 5.02 Å². The van der Waals surface area contributed by atoms with Gasteiger partial charge in [0.15, 0.2) is 6.61 Å². The molecular weight excluding hydrogens is 346 g/mol. The van der Waals surface area contributed by atoms with E-state index in [4.69, 9.17) is 16.3 Å². The maximum atomic E-state index is 11.6. The number of nitrogens with one attached hydrogen (secondary N) is 1. The molecule has 2 aromatic carbocycles. The molecule has 2 rings (SSSR count). The Hall–Kier alpha value is -1.98. The molecule has 0 saturated heterocycles. The van der Waals surface area contributed by atoms with Crippen LogP contribution < -0.4 is 5.32 Å². The van der Waals surface area contributed by atoms with E-state index < -0.39 is 5.97 Å². The molecule has 126 valence electrons. The number of esters is 1. The number of halogens is 1. The van der Waals surface area contributed by atoms with Crippen LogP contribution in [0.4, 0.5) is 0 Å². The summed E-state index contributed by atoms with van der Waals surface area (Å²) in [7, 11) is 0. The Bertz CT molecular complexity index is 662. The summed E-state index contributed by atoms with van der Waals surface area (Å²) in [5.74, 6) is -0.567. The molecule has 0 fully saturated rings. The van der Waals surface area contributed by atoms with Gasteiger partial charge in [-0.3, -0.25) is 9.59 Å². The van der Waals surface area contributed by atoms with Crippen molar-refractivity contribution in [1.29, 1.82) is 0 Å². The zero-order valence-electron chi connectivity index (χ0n) is 13.0. The third-order valence-corrected chi connectivity index (χ3v) is 4.35. The normalized spacial score (nSPS) is 10.2. The fourth-order valence-electron chi connectivity index (χ4n) is 1.90. The number of hydrogen-bond acceptors (Lipinski definition) is 4. The number of rotatable bonds is 8. The number of carbonyl (C=O) groups excluding carboxylic acids is 2. The predicted molar refractivity (Wildman–Crippen MR) is 96.3 cm³/mol. The number of hydrogen-bond donors (Lipinski definition) is 1. The molecule has 0 aliphatic rings. The zero-order valence-corrected chi connectivity index (χ0v) is 14.6. The Balaban J connectivity index is 1.59. The van der Waals surface area contributed by atoms with Gasteiger partial charge in [0.2, 0.25) is 0 Å². The molecule has 0 aliphatic heterocycles. The predicted octanol–water partition coefficient (Wildman–Crippen LogP) is 3.33. The van der Waals surface area contributed by atoms with Crippen LogP contribution in [-0.2, 0) is 20.7 Å². The first-order valence-electron chi connectivity index (χ1n) is 7.48. The number of thioether (sulfide) groups is 1. The summed E-state index contributed by atoms with van der Waals surface area (Å²) in [5, 5.41) is 3.38. The van der Waals surface area contributed by atoms with Crippen LogP contribution in [0.25, 0.3) is 0 Å². The second kappa shape index (κ2) is 10.0. The van der Waals surface area contributed by atoms with E-state index in [9.17, 15) is 9.59 Å². The molecule has 0 heterocycles. The molecule has 24 heavy (non-hydrogen) atoms. The molecule has 0 atom stereocenters. The van der Waals surface area contributed by atoms with Crippen molar-refractivity contribution in [2.45, 2.75) is 11.3 Å². The second-order valence-corrected chi connectivity index (χ2v) is 6.47. The van der Waals surface area contributed by atoms with Crippen LogP contribution in [-0.4, -0.2) is 30.8 Å². The highest BCUT2D eigenvalue weighted by molar-refractivity contribution is 8.00.